The molecule has 0 aromatic rings. The van der Waals surface area contributed by atoms with Crippen LogP contribution in [0.3, 0.4) is 0 Å². The number of hydrogen-bond acceptors (Lipinski definition) is 23. The van der Waals surface area contributed by atoms with Crippen LogP contribution in [0, 0.1) is 10.8 Å². The highest BCUT2D eigenvalue weighted by Crippen LogP contribution is 2.46. The summed E-state index contributed by atoms with van der Waals surface area (Å²) in [6.07, 6.45) is 0.490. The summed E-state index contributed by atoms with van der Waals surface area (Å²) in [5.74, 6) is -1.06. The highest BCUT2D eigenvalue weighted by molar-refractivity contribution is 7.47. The lowest BCUT2D eigenvalue weighted by atomic mass is 9.92. The fourth-order valence-electron chi connectivity index (χ4n) is 5.68. The first kappa shape index (κ1) is 69.8. The van der Waals surface area contributed by atoms with Gasteiger partial charge in [0.2, 0.25) is 11.8 Å². The second kappa shape index (κ2) is 43.0. The van der Waals surface area contributed by atoms with E-state index in [1.54, 1.807) is 0 Å². The monoisotopic (exact) mass is 1100 g/mol. The lowest BCUT2D eigenvalue weighted by Crippen LogP contribution is -2.42. The number of phosphoric acid groups is 3. The van der Waals surface area contributed by atoms with E-state index in [2.05, 4.69) is 15.2 Å². The van der Waals surface area contributed by atoms with Crippen LogP contribution in [-0.4, -0.2) is 229 Å². The number of carbonyl (C=O) groups is 2. The number of rotatable bonds is 53. The molecule has 0 aliphatic heterocycles. The summed E-state index contributed by atoms with van der Waals surface area (Å²) in [6, 6.07) is 0. The van der Waals surface area contributed by atoms with E-state index in [1.165, 1.54) is 0 Å². The molecule has 31 heteroatoms. The van der Waals surface area contributed by atoms with Crippen molar-refractivity contribution in [2.45, 2.75) is 70.3 Å². The normalized spacial score (nSPS) is 15.2. The molecular formula is C40H83N2O26P3. The molecule has 0 spiro atoms. The predicted molar refractivity (Wildman–Crippen MR) is 250 cm³/mol. The molecule has 3 atom stereocenters. The number of unbranched alkanes of at least 4 members (excludes halogenated alkanes) is 2. The van der Waals surface area contributed by atoms with Gasteiger partial charge < -0.3 is 84.4 Å². The van der Waals surface area contributed by atoms with E-state index in [0.717, 1.165) is 7.11 Å². The molecule has 11 N–H and O–H groups in total. The van der Waals surface area contributed by atoms with Gasteiger partial charge in [0.25, 0.3) is 0 Å². The number of ether oxygens (including phenoxy) is 6. The minimum absolute atomic E-state index is 0.0428. The van der Waals surface area contributed by atoms with Crippen LogP contribution in [0.15, 0.2) is 0 Å². The molecule has 0 saturated carbocycles. The molecule has 0 aromatic carbocycles. The third kappa shape index (κ3) is 38.9. The number of phosphoric ester groups is 3. The third-order valence-corrected chi connectivity index (χ3v) is 12.4. The summed E-state index contributed by atoms with van der Waals surface area (Å²) in [7, 11) is -13.0. The molecule has 71 heavy (non-hydrogen) atoms. The van der Waals surface area contributed by atoms with Crippen molar-refractivity contribution in [3.8, 4) is 0 Å². The van der Waals surface area contributed by atoms with E-state index >= 15 is 0 Å². The number of aliphatic hydroxyl groups is 6. The number of aliphatic hydroxyl groups excluding tert-OH is 6. The molecule has 0 fully saturated rings. The Morgan fingerprint density at radius 1 is 0.423 bits per heavy atom. The Hall–Kier alpha value is -1.21. The van der Waals surface area contributed by atoms with Crippen molar-refractivity contribution >= 4 is 35.3 Å². The standard InChI is InChI=1S/C40H83N2O26P3/c1-57-69(51,52)68-36(26-41-37(49)10-2-4-22-64-70(53,54)66-34-39(32-62-24-16-47,28-58-18-6-12-43)29-59-19-7-13-44)27-42-38(50)11-3-5-23-65-71(55,56)67-35-40(33-63-25-17-48,30-60-20-8-14-45)31-61-21-9-15-46/h36,43-48H,2-35H2,1H3,(H,41,49)(H,42,50)(H,51,52)(H,53,54)(H,55,56). The molecule has 0 saturated heterocycles. The van der Waals surface area contributed by atoms with Gasteiger partial charge in [-0.25, -0.2) is 13.7 Å². The molecule has 28 nitrogen and oxygen atoms in total. The van der Waals surface area contributed by atoms with Gasteiger partial charge in [-0.1, -0.05) is 0 Å². The van der Waals surface area contributed by atoms with Crippen molar-refractivity contribution in [2.24, 2.45) is 10.8 Å². The van der Waals surface area contributed by atoms with E-state index in [1.807, 2.05) is 0 Å². The number of hydrogen-bond donors (Lipinski definition) is 11. The highest BCUT2D eigenvalue weighted by atomic mass is 31.2. The second-order valence-electron chi connectivity index (χ2n) is 16.1. The maximum Gasteiger partial charge on any atom is 0.472 e. The van der Waals surface area contributed by atoms with Gasteiger partial charge in [-0.15, -0.1) is 0 Å². The Balaban J connectivity index is 5.07. The molecule has 0 aliphatic carbocycles. The largest absolute Gasteiger partial charge is 0.472 e. The van der Waals surface area contributed by atoms with Crippen molar-refractivity contribution < 1.29 is 124 Å². The van der Waals surface area contributed by atoms with Gasteiger partial charge in [-0.2, -0.15) is 0 Å². The van der Waals surface area contributed by atoms with Crippen molar-refractivity contribution in [3.63, 3.8) is 0 Å². The van der Waals surface area contributed by atoms with Gasteiger partial charge in [0.1, 0.15) is 6.10 Å². The van der Waals surface area contributed by atoms with Gasteiger partial charge in [0, 0.05) is 85.9 Å². The number of amides is 2. The van der Waals surface area contributed by atoms with Gasteiger partial charge in [-0.05, 0) is 51.4 Å². The summed E-state index contributed by atoms with van der Waals surface area (Å²) in [5, 5.41) is 59.8. The van der Waals surface area contributed by atoms with Crippen LogP contribution in [-0.2, 0) is 78.8 Å². The number of carbonyl (C=O) groups excluding carboxylic acids is 2. The summed E-state index contributed by atoms with van der Waals surface area (Å²) >= 11 is 0. The smallest absolute Gasteiger partial charge is 0.396 e. The average Bonchev–Trinajstić information content (AvgIpc) is 3.33. The first-order chi connectivity index (χ1) is 33.9. The van der Waals surface area contributed by atoms with E-state index in [4.69, 9.17) is 71.5 Å². The van der Waals surface area contributed by atoms with E-state index < -0.39 is 65.4 Å². The minimum atomic E-state index is -4.65. The molecule has 3 unspecified atom stereocenters. The van der Waals surface area contributed by atoms with Crippen molar-refractivity contribution in [1.82, 2.24) is 10.6 Å². The van der Waals surface area contributed by atoms with Crippen LogP contribution in [0.2, 0.25) is 0 Å². The Morgan fingerprint density at radius 3 is 1.04 bits per heavy atom. The van der Waals surface area contributed by atoms with Crippen LogP contribution in [0.25, 0.3) is 0 Å². The molecule has 0 aromatic heterocycles. The van der Waals surface area contributed by atoms with Crippen LogP contribution in [0.4, 0.5) is 0 Å². The van der Waals surface area contributed by atoms with Crippen molar-refractivity contribution in [2.75, 3.05) is 166 Å². The van der Waals surface area contributed by atoms with Gasteiger partial charge >= 0.3 is 23.5 Å². The minimum Gasteiger partial charge on any atom is -0.396 e. The summed E-state index contributed by atoms with van der Waals surface area (Å²) in [6.45, 7) is -3.05. The fraction of sp³-hybridized carbons (Fsp3) is 0.950. The summed E-state index contributed by atoms with van der Waals surface area (Å²) in [5.41, 5.74) is -2.26. The second-order valence-corrected chi connectivity index (χ2v) is 20.5. The number of nitrogens with one attached hydrogen (secondary N) is 2. The van der Waals surface area contributed by atoms with Gasteiger partial charge in [-0.3, -0.25) is 36.7 Å². The Kier molecular flexibility index (Phi) is 42.2. The van der Waals surface area contributed by atoms with E-state index in [9.17, 15) is 48.2 Å². The van der Waals surface area contributed by atoms with E-state index in [-0.39, 0.29) is 184 Å². The van der Waals surface area contributed by atoms with Gasteiger partial charge in [0.05, 0.1) is 103 Å². The molecular weight excluding hydrogens is 1020 g/mol. The first-order valence-electron chi connectivity index (χ1n) is 23.4. The zero-order valence-corrected chi connectivity index (χ0v) is 43.6. The topological polar surface area (TPSA) is 402 Å². The molecule has 0 bridgehead atoms. The van der Waals surface area contributed by atoms with Crippen LogP contribution >= 0.6 is 23.5 Å². The van der Waals surface area contributed by atoms with Crippen molar-refractivity contribution in [1.29, 1.82) is 0 Å². The highest BCUT2D eigenvalue weighted by Gasteiger charge is 2.38. The Morgan fingerprint density at radius 2 is 0.746 bits per heavy atom. The molecule has 2 amide bonds. The van der Waals surface area contributed by atoms with Crippen LogP contribution < -0.4 is 10.6 Å². The Labute approximate surface area is 416 Å². The SMILES string of the molecule is COP(=O)(O)OC(CNC(=O)CCCCOP(=O)(O)OCC(COCCO)(COCCCO)COCCCO)CNC(=O)CCCCOP(=O)(O)OCC(COCCO)(COCCCO)COCCCO. The first-order valence-corrected chi connectivity index (χ1v) is 27.9. The molecule has 0 heterocycles. The van der Waals surface area contributed by atoms with Crippen molar-refractivity contribution in [3.05, 3.63) is 0 Å². The van der Waals surface area contributed by atoms with Crippen LogP contribution in [0.1, 0.15) is 64.2 Å². The molecule has 0 radical (unpaired) electrons. The van der Waals surface area contributed by atoms with E-state index in [0.29, 0.717) is 25.7 Å². The lowest BCUT2D eigenvalue weighted by Gasteiger charge is -2.33. The van der Waals surface area contributed by atoms with Gasteiger partial charge in [0.15, 0.2) is 0 Å². The van der Waals surface area contributed by atoms with Crippen LogP contribution in [0.5, 0.6) is 0 Å². The maximum atomic E-state index is 12.8. The molecule has 424 valence electrons. The molecule has 0 aliphatic rings. The average molecular weight is 1100 g/mol. The fourth-order valence-corrected chi connectivity index (χ4v) is 8.04. The molecule has 0 rings (SSSR count). The lowest BCUT2D eigenvalue weighted by molar-refractivity contribution is -0.121. The maximum absolute atomic E-state index is 12.8. The zero-order valence-electron chi connectivity index (χ0n) is 40.9. The summed E-state index contributed by atoms with van der Waals surface area (Å²) < 4.78 is 102. The zero-order chi connectivity index (χ0) is 53.2. The third-order valence-electron chi connectivity index (χ3n) is 9.45. The quantitative estimate of drug-likeness (QED) is 0.0271. The summed E-state index contributed by atoms with van der Waals surface area (Å²) in [4.78, 5) is 56.0. The Bertz CT molecular complexity index is 1360. The predicted octanol–water partition coefficient (Wildman–Crippen LogP) is -0.455.